The van der Waals surface area contributed by atoms with E-state index >= 15 is 0 Å². The Morgan fingerprint density at radius 2 is 2.03 bits per heavy atom. The molecule has 160 valence electrons. The number of nitrogens with one attached hydrogen (secondary N) is 2. The van der Waals surface area contributed by atoms with Crippen molar-refractivity contribution in [2.75, 3.05) is 11.9 Å². The van der Waals surface area contributed by atoms with Crippen LogP contribution in [-0.4, -0.2) is 28.4 Å². The zero-order chi connectivity index (χ0) is 22.7. The number of rotatable bonds is 5. The Labute approximate surface area is 206 Å². The van der Waals surface area contributed by atoms with Crippen LogP contribution in [0.4, 0.5) is 5.69 Å². The minimum absolute atomic E-state index is 0.0630. The second kappa shape index (κ2) is 9.58. The highest BCUT2D eigenvalue weighted by Crippen LogP contribution is 2.37. The molecule has 2 N–H and O–H groups in total. The SMILES string of the molecule is C#CCOc1ccc(Br)cc1[C@@H]1Nc2ccc(I)cc2C(=O)N1NC(=O)c1ccncc1. The molecule has 2 amide bonds. The van der Waals surface area contributed by atoms with Crippen LogP contribution < -0.4 is 15.5 Å². The molecule has 2 aromatic carbocycles. The van der Waals surface area contributed by atoms with Gasteiger partial charge in [-0.1, -0.05) is 21.9 Å². The van der Waals surface area contributed by atoms with Gasteiger partial charge in [0.05, 0.1) is 5.56 Å². The number of pyridine rings is 1. The fourth-order valence-corrected chi connectivity index (χ4v) is 4.14. The molecule has 0 fully saturated rings. The van der Waals surface area contributed by atoms with Crippen LogP contribution in [0.3, 0.4) is 0 Å². The minimum Gasteiger partial charge on any atom is -0.481 e. The number of carbonyl (C=O) groups excluding carboxylic acids is 2. The summed E-state index contributed by atoms with van der Waals surface area (Å²) < 4.78 is 7.40. The van der Waals surface area contributed by atoms with Gasteiger partial charge in [0.25, 0.3) is 11.8 Å². The molecule has 1 atom stereocenters. The number of terminal acetylenes is 1. The van der Waals surface area contributed by atoms with E-state index in [0.717, 1.165) is 8.04 Å². The van der Waals surface area contributed by atoms with E-state index in [-0.39, 0.29) is 12.5 Å². The van der Waals surface area contributed by atoms with Crippen molar-refractivity contribution in [3.63, 3.8) is 0 Å². The first-order valence-electron chi connectivity index (χ1n) is 9.44. The molecule has 0 saturated carbocycles. The smallest absolute Gasteiger partial charge is 0.276 e. The van der Waals surface area contributed by atoms with Crippen molar-refractivity contribution in [3.8, 4) is 18.1 Å². The maximum absolute atomic E-state index is 13.5. The topological polar surface area (TPSA) is 83.6 Å². The Morgan fingerprint density at radius 3 is 2.78 bits per heavy atom. The number of amides is 2. The van der Waals surface area contributed by atoms with Crippen LogP contribution in [0.5, 0.6) is 5.75 Å². The predicted octanol–water partition coefficient (Wildman–Crippen LogP) is 4.37. The number of benzene rings is 2. The Hall–Kier alpha value is -3.10. The zero-order valence-electron chi connectivity index (χ0n) is 16.5. The van der Waals surface area contributed by atoms with Crippen LogP contribution in [-0.2, 0) is 0 Å². The van der Waals surface area contributed by atoms with Crippen LogP contribution in [0.2, 0.25) is 0 Å². The maximum atomic E-state index is 13.5. The molecule has 0 unspecified atom stereocenters. The molecule has 1 aliphatic rings. The molecule has 2 heterocycles. The lowest BCUT2D eigenvalue weighted by molar-refractivity contribution is 0.0488. The van der Waals surface area contributed by atoms with Crippen molar-refractivity contribution < 1.29 is 14.3 Å². The van der Waals surface area contributed by atoms with Gasteiger partial charge in [-0.3, -0.25) is 20.0 Å². The van der Waals surface area contributed by atoms with Gasteiger partial charge >= 0.3 is 0 Å². The lowest BCUT2D eigenvalue weighted by Gasteiger charge is -2.38. The van der Waals surface area contributed by atoms with Gasteiger partial charge in [-0.25, -0.2) is 5.01 Å². The monoisotopic (exact) mass is 602 g/mol. The van der Waals surface area contributed by atoms with E-state index in [2.05, 4.69) is 60.2 Å². The number of hydrazine groups is 1. The van der Waals surface area contributed by atoms with Crippen LogP contribution in [0.25, 0.3) is 0 Å². The van der Waals surface area contributed by atoms with Gasteiger partial charge in [-0.2, -0.15) is 0 Å². The number of ether oxygens (including phenoxy) is 1. The zero-order valence-corrected chi connectivity index (χ0v) is 20.3. The third-order valence-corrected chi connectivity index (χ3v) is 5.89. The average Bonchev–Trinajstić information content (AvgIpc) is 2.80. The fraction of sp³-hybridized carbons (Fsp3) is 0.0870. The summed E-state index contributed by atoms with van der Waals surface area (Å²) in [7, 11) is 0. The highest BCUT2D eigenvalue weighted by molar-refractivity contribution is 14.1. The summed E-state index contributed by atoms with van der Waals surface area (Å²) in [5.41, 5.74) is 4.84. The number of halogens is 2. The summed E-state index contributed by atoms with van der Waals surface area (Å²) in [5, 5.41) is 4.61. The second-order valence-electron chi connectivity index (χ2n) is 6.76. The number of aromatic nitrogens is 1. The molecule has 3 aromatic rings. The summed E-state index contributed by atoms with van der Waals surface area (Å²) >= 11 is 5.61. The van der Waals surface area contributed by atoms with Crippen molar-refractivity contribution in [1.82, 2.24) is 15.4 Å². The first kappa shape index (κ1) is 22.1. The molecule has 0 bridgehead atoms. The van der Waals surface area contributed by atoms with Gasteiger partial charge in [-0.05, 0) is 71.1 Å². The first-order chi connectivity index (χ1) is 15.5. The molecule has 1 aromatic heterocycles. The lowest BCUT2D eigenvalue weighted by atomic mass is 10.0. The second-order valence-corrected chi connectivity index (χ2v) is 8.93. The summed E-state index contributed by atoms with van der Waals surface area (Å²) in [4.78, 5) is 30.3. The third-order valence-electron chi connectivity index (χ3n) is 4.72. The van der Waals surface area contributed by atoms with Crippen LogP contribution in [0.1, 0.15) is 32.4 Å². The Kier molecular flexibility index (Phi) is 6.62. The molecule has 0 radical (unpaired) electrons. The van der Waals surface area contributed by atoms with Gasteiger partial charge in [0.1, 0.15) is 12.4 Å². The Bertz CT molecular complexity index is 1230. The van der Waals surface area contributed by atoms with E-state index in [0.29, 0.717) is 28.1 Å². The summed E-state index contributed by atoms with van der Waals surface area (Å²) in [5.74, 6) is 2.14. The van der Waals surface area contributed by atoms with E-state index in [1.165, 1.54) is 17.4 Å². The van der Waals surface area contributed by atoms with Gasteiger partial charge < -0.3 is 10.1 Å². The van der Waals surface area contributed by atoms with Crippen molar-refractivity contribution >= 4 is 56.0 Å². The number of carbonyl (C=O) groups is 2. The molecule has 4 rings (SSSR count). The number of hydrogen-bond acceptors (Lipinski definition) is 5. The maximum Gasteiger partial charge on any atom is 0.276 e. The fourth-order valence-electron chi connectivity index (χ4n) is 3.27. The van der Waals surface area contributed by atoms with Crippen molar-refractivity contribution in [1.29, 1.82) is 0 Å². The Morgan fingerprint density at radius 1 is 1.25 bits per heavy atom. The lowest BCUT2D eigenvalue weighted by Crippen LogP contribution is -2.53. The average molecular weight is 603 g/mol. The number of fused-ring (bicyclic) bond motifs is 1. The molecular formula is C23H16BrIN4O3. The van der Waals surface area contributed by atoms with E-state index < -0.39 is 12.1 Å². The highest BCUT2D eigenvalue weighted by atomic mass is 127. The number of nitrogens with zero attached hydrogens (tertiary/aromatic N) is 2. The number of hydrogen-bond donors (Lipinski definition) is 2. The Balaban J connectivity index is 1.79. The molecule has 0 aliphatic carbocycles. The predicted molar refractivity (Wildman–Crippen MR) is 132 cm³/mol. The van der Waals surface area contributed by atoms with Gasteiger partial charge in [0.2, 0.25) is 0 Å². The largest absolute Gasteiger partial charge is 0.481 e. The third kappa shape index (κ3) is 4.56. The summed E-state index contributed by atoms with van der Waals surface area (Å²) in [6.07, 6.45) is 7.65. The first-order valence-corrected chi connectivity index (χ1v) is 11.3. The summed E-state index contributed by atoms with van der Waals surface area (Å²) in [6, 6.07) is 14.0. The molecule has 1 aliphatic heterocycles. The standard InChI is InChI=1S/C23H16BrIN4O3/c1-2-11-32-20-6-3-15(24)12-18(20)21-27-19-5-4-16(25)13-17(19)23(31)29(21)28-22(30)14-7-9-26-10-8-14/h1,3-10,12-13,21,27H,11H2,(H,28,30)/t21-/m1/s1. The molecule has 32 heavy (non-hydrogen) atoms. The molecular weight excluding hydrogens is 587 g/mol. The minimum atomic E-state index is -0.744. The van der Waals surface area contributed by atoms with Crippen LogP contribution in [0.15, 0.2) is 65.4 Å². The van der Waals surface area contributed by atoms with Gasteiger partial charge in [0.15, 0.2) is 6.17 Å². The van der Waals surface area contributed by atoms with E-state index in [4.69, 9.17) is 11.2 Å². The van der Waals surface area contributed by atoms with E-state index in [1.807, 2.05) is 24.3 Å². The van der Waals surface area contributed by atoms with E-state index in [1.54, 1.807) is 24.3 Å². The van der Waals surface area contributed by atoms with Crippen molar-refractivity contribution in [2.24, 2.45) is 0 Å². The molecule has 0 spiro atoms. The number of anilines is 1. The van der Waals surface area contributed by atoms with Crippen molar-refractivity contribution in [3.05, 3.63) is 85.7 Å². The van der Waals surface area contributed by atoms with Crippen molar-refractivity contribution in [2.45, 2.75) is 6.17 Å². The summed E-state index contributed by atoms with van der Waals surface area (Å²) in [6.45, 7) is 0.0630. The molecule has 9 heteroatoms. The van der Waals surface area contributed by atoms with Crippen LogP contribution >= 0.6 is 38.5 Å². The normalized spacial score (nSPS) is 14.7. The molecule has 0 saturated heterocycles. The molecule has 7 nitrogen and oxygen atoms in total. The quantitative estimate of drug-likeness (QED) is 0.335. The van der Waals surface area contributed by atoms with Gasteiger partial charge in [0, 0.05) is 37.3 Å². The highest BCUT2D eigenvalue weighted by Gasteiger charge is 2.36. The van der Waals surface area contributed by atoms with Crippen LogP contribution in [0, 0.1) is 15.9 Å². The van der Waals surface area contributed by atoms with E-state index in [9.17, 15) is 9.59 Å². The van der Waals surface area contributed by atoms with Gasteiger partial charge in [-0.15, -0.1) is 6.42 Å².